The number of carbonyl (C=O) groups excluding carboxylic acids is 1. The summed E-state index contributed by atoms with van der Waals surface area (Å²) in [5.41, 5.74) is 1.49. The molecule has 0 radical (unpaired) electrons. The lowest BCUT2D eigenvalue weighted by Gasteiger charge is -2.01. The number of Topliss-reactive ketones (excluding diaryl/α,β-unsaturated/α-hetero) is 1. The summed E-state index contributed by atoms with van der Waals surface area (Å²) in [4.78, 5) is 11.5. The van der Waals surface area contributed by atoms with E-state index in [1.807, 2.05) is 19.1 Å². The first kappa shape index (κ1) is 9.99. The van der Waals surface area contributed by atoms with Crippen molar-refractivity contribution in [2.24, 2.45) is 0 Å². The molecule has 0 heterocycles. The summed E-state index contributed by atoms with van der Waals surface area (Å²) >= 11 is 2.97. The number of aliphatic hydroxyl groups excluding tert-OH is 1. The monoisotopic (exact) mass is 240 g/mol. The van der Waals surface area contributed by atoms with Crippen LogP contribution in [0.2, 0.25) is 0 Å². The minimum Gasteiger partial charge on any atom is -0.514 e. The molecule has 0 unspecified atom stereocenters. The first-order valence-corrected chi connectivity index (χ1v) is 4.56. The van der Waals surface area contributed by atoms with Crippen LogP contribution in [0.5, 0.6) is 0 Å². The Hall–Kier alpha value is -1.09. The predicted octanol–water partition coefficient (Wildman–Crippen LogP) is 2.97. The van der Waals surface area contributed by atoms with Gasteiger partial charge in [-0.25, -0.2) is 0 Å². The molecule has 1 rings (SSSR count). The van der Waals surface area contributed by atoms with Crippen molar-refractivity contribution in [3.63, 3.8) is 0 Å². The van der Waals surface area contributed by atoms with Crippen LogP contribution in [0.3, 0.4) is 0 Å². The highest BCUT2D eigenvalue weighted by molar-refractivity contribution is 9.12. The highest BCUT2D eigenvalue weighted by Crippen LogP contribution is 2.16. The summed E-state index contributed by atoms with van der Waals surface area (Å²) in [7, 11) is 0. The molecule has 0 fully saturated rings. The molecule has 0 spiro atoms. The van der Waals surface area contributed by atoms with E-state index in [4.69, 9.17) is 5.11 Å². The smallest absolute Gasteiger partial charge is 0.203 e. The number of carbonyl (C=O) groups is 1. The number of hydrogen-bond donors (Lipinski definition) is 1. The molecule has 0 aliphatic carbocycles. The Balaban J connectivity index is 3.10. The summed E-state index contributed by atoms with van der Waals surface area (Å²) in [6, 6.07) is 7.23. The lowest BCUT2D eigenvalue weighted by Crippen LogP contribution is -2.00. The molecule has 0 bridgehead atoms. The third-order valence-electron chi connectivity index (χ3n) is 1.72. The molecule has 0 aromatic heterocycles. The molecular weight excluding hydrogens is 232 g/mol. The van der Waals surface area contributed by atoms with Crippen LogP contribution in [0.25, 0.3) is 0 Å². The largest absolute Gasteiger partial charge is 0.514 e. The van der Waals surface area contributed by atoms with Gasteiger partial charge in [0, 0.05) is 5.56 Å². The summed E-state index contributed by atoms with van der Waals surface area (Å²) in [6.45, 7) is 1.85. The molecule has 68 valence electrons. The van der Waals surface area contributed by atoms with Crippen LogP contribution in [0.15, 0.2) is 35.0 Å². The number of allylic oxidation sites excluding steroid dienone is 1. The second-order valence-electron chi connectivity index (χ2n) is 2.62. The van der Waals surface area contributed by atoms with Gasteiger partial charge in [0.05, 0.1) is 10.7 Å². The highest BCUT2D eigenvalue weighted by Gasteiger charge is 2.11. The summed E-state index contributed by atoms with van der Waals surface area (Å²) < 4.78 is 0.168. The lowest BCUT2D eigenvalue weighted by molar-refractivity contribution is 0.104. The Morgan fingerprint density at radius 1 is 1.46 bits per heavy atom. The predicted molar refractivity (Wildman–Crippen MR) is 55.1 cm³/mol. The number of ketones is 1. The Morgan fingerprint density at radius 2 is 2.08 bits per heavy atom. The Labute approximate surface area is 85.0 Å². The van der Waals surface area contributed by atoms with Crippen molar-refractivity contribution in [3.8, 4) is 0 Å². The van der Waals surface area contributed by atoms with Gasteiger partial charge in [-0.2, -0.15) is 0 Å². The van der Waals surface area contributed by atoms with E-state index in [1.165, 1.54) is 0 Å². The number of benzene rings is 1. The van der Waals surface area contributed by atoms with E-state index in [9.17, 15) is 4.79 Å². The molecule has 0 saturated carbocycles. The molecule has 0 aliphatic rings. The molecule has 1 aromatic rings. The normalized spacial score (nSPS) is 11.4. The van der Waals surface area contributed by atoms with Gasteiger partial charge >= 0.3 is 0 Å². The lowest BCUT2D eigenvalue weighted by atomic mass is 10.1. The topological polar surface area (TPSA) is 37.3 Å². The molecule has 1 aromatic carbocycles. The molecule has 13 heavy (non-hydrogen) atoms. The molecule has 2 nitrogen and oxygen atoms in total. The van der Waals surface area contributed by atoms with Crippen molar-refractivity contribution in [1.29, 1.82) is 0 Å². The second-order valence-corrected chi connectivity index (χ2v) is 3.48. The van der Waals surface area contributed by atoms with E-state index >= 15 is 0 Å². The van der Waals surface area contributed by atoms with Crippen LogP contribution in [0.1, 0.15) is 15.9 Å². The van der Waals surface area contributed by atoms with E-state index in [-0.39, 0.29) is 10.3 Å². The molecule has 3 heteroatoms. The van der Waals surface area contributed by atoms with E-state index in [1.54, 1.807) is 12.1 Å². The van der Waals surface area contributed by atoms with E-state index in [0.717, 1.165) is 11.8 Å². The maximum Gasteiger partial charge on any atom is 0.203 e. The zero-order valence-corrected chi connectivity index (χ0v) is 8.71. The first-order valence-electron chi connectivity index (χ1n) is 3.77. The average Bonchev–Trinajstić information content (AvgIpc) is 2.16. The summed E-state index contributed by atoms with van der Waals surface area (Å²) in [6.07, 6.45) is 0.759. The van der Waals surface area contributed by atoms with Crippen molar-refractivity contribution in [3.05, 3.63) is 46.1 Å². The van der Waals surface area contributed by atoms with E-state index in [0.29, 0.717) is 5.56 Å². The van der Waals surface area contributed by atoms with Gasteiger partial charge < -0.3 is 5.11 Å². The van der Waals surface area contributed by atoms with E-state index < -0.39 is 0 Å². The SMILES string of the molecule is Cc1ccccc1C(=O)/C(Br)=C/O. The van der Waals surface area contributed by atoms with Gasteiger partial charge in [-0.3, -0.25) is 4.79 Å². The van der Waals surface area contributed by atoms with Gasteiger partial charge in [0.15, 0.2) is 0 Å². The van der Waals surface area contributed by atoms with Crippen molar-refractivity contribution >= 4 is 21.7 Å². The van der Waals surface area contributed by atoms with Crippen LogP contribution in [-0.4, -0.2) is 10.9 Å². The number of rotatable bonds is 2. The molecule has 1 N–H and O–H groups in total. The molecule has 0 amide bonds. The fourth-order valence-corrected chi connectivity index (χ4v) is 1.23. The van der Waals surface area contributed by atoms with Crippen molar-refractivity contribution in [1.82, 2.24) is 0 Å². The first-order chi connectivity index (χ1) is 6.16. The third kappa shape index (κ3) is 2.18. The van der Waals surface area contributed by atoms with Gasteiger partial charge in [-0.1, -0.05) is 24.3 Å². The number of halogens is 1. The van der Waals surface area contributed by atoms with Gasteiger partial charge in [0.25, 0.3) is 0 Å². The van der Waals surface area contributed by atoms with E-state index in [2.05, 4.69) is 15.9 Å². The Bertz CT molecular complexity index is 356. The minimum atomic E-state index is -0.208. The van der Waals surface area contributed by atoms with Gasteiger partial charge in [-0.05, 0) is 28.4 Å². The zero-order chi connectivity index (χ0) is 9.84. The van der Waals surface area contributed by atoms with Crippen LogP contribution in [-0.2, 0) is 0 Å². The summed E-state index contributed by atoms with van der Waals surface area (Å²) in [5, 5.41) is 8.63. The fourth-order valence-electron chi connectivity index (χ4n) is 1.01. The Kier molecular flexibility index (Phi) is 3.25. The van der Waals surface area contributed by atoms with Crippen molar-refractivity contribution in [2.45, 2.75) is 6.92 Å². The maximum atomic E-state index is 11.5. The van der Waals surface area contributed by atoms with Gasteiger partial charge in [0.1, 0.15) is 0 Å². The maximum absolute atomic E-state index is 11.5. The third-order valence-corrected chi connectivity index (χ3v) is 2.28. The van der Waals surface area contributed by atoms with Gasteiger partial charge in [-0.15, -0.1) is 0 Å². The van der Waals surface area contributed by atoms with Crippen LogP contribution >= 0.6 is 15.9 Å². The quantitative estimate of drug-likeness (QED) is 0.491. The number of hydrogen-bond acceptors (Lipinski definition) is 2. The molecule has 0 saturated heterocycles. The standard InChI is InChI=1S/C10H9BrO2/c1-7-4-2-3-5-8(7)10(13)9(11)6-12/h2-6,12H,1H3/b9-6-. The van der Waals surface area contributed by atoms with Crippen molar-refractivity contribution < 1.29 is 9.90 Å². The zero-order valence-electron chi connectivity index (χ0n) is 7.12. The van der Waals surface area contributed by atoms with Gasteiger partial charge in [0.2, 0.25) is 5.78 Å². The fraction of sp³-hybridized carbons (Fsp3) is 0.100. The molecular formula is C10H9BrO2. The van der Waals surface area contributed by atoms with Crippen LogP contribution < -0.4 is 0 Å². The number of aryl methyl sites for hydroxylation is 1. The van der Waals surface area contributed by atoms with Crippen molar-refractivity contribution in [2.75, 3.05) is 0 Å². The van der Waals surface area contributed by atoms with Crippen LogP contribution in [0, 0.1) is 6.92 Å². The summed E-state index contributed by atoms with van der Waals surface area (Å²) in [5.74, 6) is -0.208. The average molecular weight is 241 g/mol. The second kappa shape index (κ2) is 4.23. The van der Waals surface area contributed by atoms with Crippen LogP contribution in [0.4, 0.5) is 0 Å². The minimum absolute atomic E-state index is 0.168. The number of aliphatic hydroxyl groups is 1. The Morgan fingerprint density at radius 3 is 2.62 bits per heavy atom. The molecule has 0 atom stereocenters. The molecule has 0 aliphatic heterocycles. The highest BCUT2D eigenvalue weighted by atomic mass is 79.9.